The first-order valence-electron chi connectivity index (χ1n) is 7.62. The summed E-state index contributed by atoms with van der Waals surface area (Å²) in [5, 5.41) is 1.24. The van der Waals surface area contributed by atoms with Crippen LogP contribution in [0.3, 0.4) is 0 Å². The van der Waals surface area contributed by atoms with Crippen molar-refractivity contribution in [3.8, 4) is 0 Å². The largest absolute Gasteiger partial charge is 0.368 e. The molecule has 3 heteroatoms. The average Bonchev–Trinajstić information content (AvgIpc) is 2.51. The fraction of sp³-hybridized carbons (Fsp3) is 0.471. The number of pyridine rings is 1. The van der Waals surface area contributed by atoms with E-state index in [2.05, 4.69) is 48.0 Å². The van der Waals surface area contributed by atoms with Crippen LogP contribution in [0.2, 0.25) is 0 Å². The van der Waals surface area contributed by atoms with Gasteiger partial charge < -0.3 is 10.6 Å². The molecular formula is C17H25N3. The number of aromatic nitrogens is 1. The molecule has 1 aromatic heterocycles. The zero-order valence-electron chi connectivity index (χ0n) is 12.5. The lowest BCUT2D eigenvalue weighted by atomic mass is 10.0. The first-order chi connectivity index (χ1) is 9.81. The molecule has 3 nitrogen and oxygen atoms in total. The second-order valence-corrected chi connectivity index (χ2v) is 5.13. The van der Waals surface area contributed by atoms with Crippen LogP contribution in [-0.4, -0.2) is 24.1 Å². The van der Waals surface area contributed by atoms with Crippen LogP contribution in [0.4, 0.5) is 5.69 Å². The summed E-state index contributed by atoms with van der Waals surface area (Å²) in [5.74, 6) is 0. The quantitative estimate of drug-likeness (QED) is 0.837. The van der Waals surface area contributed by atoms with Crippen molar-refractivity contribution in [1.82, 2.24) is 4.98 Å². The second kappa shape index (κ2) is 7.25. The van der Waals surface area contributed by atoms with Crippen LogP contribution < -0.4 is 10.6 Å². The maximum atomic E-state index is 5.67. The maximum absolute atomic E-state index is 5.67. The molecule has 2 N–H and O–H groups in total. The van der Waals surface area contributed by atoms with Gasteiger partial charge >= 0.3 is 0 Å². The van der Waals surface area contributed by atoms with Gasteiger partial charge in [-0.1, -0.05) is 25.1 Å². The lowest BCUT2D eigenvalue weighted by molar-refractivity contribution is 0.528. The van der Waals surface area contributed by atoms with Crippen molar-refractivity contribution in [3.05, 3.63) is 36.5 Å². The molecule has 0 radical (unpaired) electrons. The number of rotatable bonds is 7. The Balaban J connectivity index is 2.37. The van der Waals surface area contributed by atoms with E-state index in [1.807, 2.05) is 12.3 Å². The van der Waals surface area contributed by atoms with Crippen LogP contribution in [0, 0.1) is 0 Å². The topological polar surface area (TPSA) is 42.1 Å². The highest BCUT2D eigenvalue weighted by atomic mass is 15.2. The molecular weight excluding hydrogens is 246 g/mol. The molecule has 0 aliphatic heterocycles. The monoisotopic (exact) mass is 271 g/mol. The number of para-hydroxylation sites is 1. The van der Waals surface area contributed by atoms with Crippen molar-refractivity contribution in [2.75, 3.05) is 18.0 Å². The Morgan fingerprint density at radius 1 is 1.20 bits per heavy atom. The highest BCUT2D eigenvalue weighted by molar-refractivity contribution is 5.91. The minimum Gasteiger partial charge on any atom is -0.368 e. The normalized spacial score (nSPS) is 12.6. The Morgan fingerprint density at radius 3 is 2.70 bits per heavy atom. The summed E-state index contributed by atoms with van der Waals surface area (Å²) in [6.07, 6.45) is 5.29. The molecule has 0 saturated carbocycles. The lowest BCUT2D eigenvalue weighted by Gasteiger charge is -2.33. The molecule has 0 spiro atoms. The Labute approximate surface area is 121 Å². The number of fused-ring (bicyclic) bond motifs is 1. The van der Waals surface area contributed by atoms with E-state index in [1.165, 1.54) is 11.1 Å². The van der Waals surface area contributed by atoms with Gasteiger partial charge in [0.1, 0.15) is 0 Å². The summed E-state index contributed by atoms with van der Waals surface area (Å²) >= 11 is 0. The lowest BCUT2D eigenvalue weighted by Crippen LogP contribution is -2.35. The molecule has 0 aliphatic rings. The van der Waals surface area contributed by atoms with E-state index in [9.17, 15) is 0 Å². The first-order valence-corrected chi connectivity index (χ1v) is 7.62. The Hall–Kier alpha value is -1.61. The van der Waals surface area contributed by atoms with Crippen molar-refractivity contribution in [2.45, 2.75) is 39.2 Å². The SMILES string of the molecule is CCC(CCCN)N(CC)c1ccnc2ccccc12. The minimum atomic E-state index is 0.550. The number of nitrogens with two attached hydrogens (primary N) is 1. The summed E-state index contributed by atoms with van der Waals surface area (Å²) in [4.78, 5) is 6.96. The molecule has 0 saturated heterocycles. The van der Waals surface area contributed by atoms with Crippen molar-refractivity contribution in [2.24, 2.45) is 5.73 Å². The fourth-order valence-corrected chi connectivity index (χ4v) is 2.89. The molecule has 2 rings (SSSR count). The molecule has 20 heavy (non-hydrogen) atoms. The molecule has 0 fully saturated rings. The van der Waals surface area contributed by atoms with E-state index in [0.717, 1.165) is 37.9 Å². The predicted octanol–water partition coefficient (Wildman–Crippen LogP) is 3.58. The van der Waals surface area contributed by atoms with Gasteiger partial charge in [0.2, 0.25) is 0 Å². The zero-order chi connectivity index (χ0) is 14.4. The maximum Gasteiger partial charge on any atom is 0.0722 e. The molecule has 1 aromatic carbocycles. The van der Waals surface area contributed by atoms with Crippen molar-refractivity contribution in [3.63, 3.8) is 0 Å². The van der Waals surface area contributed by atoms with E-state index in [-0.39, 0.29) is 0 Å². The number of anilines is 1. The third-order valence-electron chi connectivity index (χ3n) is 3.93. The molecule has 108 valence electrons. The third kappa shape index (κ3) is 3.10. The summed E-state index contributed by atoms with van der Waals surface area (Å²) in [5.41, 5.74) is 8.03. The smallest absolute Gasteiger partial charge is 0.0722 e. The zero-order valence-corrected chi connectivity index (χ0v) is 12.5. The molecule has 1 atom stereocenters. The standard InChI is InChI=1S/C17H25N3/c1-3-14(8-7-12-18)20(4-2)17-11-13-19-16-10-6-5-9-15(16)17/h5-6,9-11,13-14H,3-4,7-8,12,18H2,1-2H3. The molecule has 1 heterocycles. The molecule has 0 amide bonds. The summed E-state index contributed by atoms with van der Waals surface area (Å²) in [6.45, 7) is 6.26. The van der Waals surface area contributed by atoms with E-state index in [4.69, 9.17) is 5.73 Å². The molecule has 0 aliphatic carbocycles. The number of hydrogen-bond acceptors (Lipinski definition) is 3. The van der Waals surface area contributed by atoms with Crippen LogP contribution in [0.5, 0.6) is 0 Å². The van der Waals surface area contributed by atoms with Crippen LogP contribution >= 0.6 is 0 Å². The van der Waals surface area contributed by atoms with E-state index in [0.29, 0.717) is 6.04 Å². The first kappa shape index (κ1) is 14.8. The highest BCUT2D eigenvalue weighted by Crippen LogP contribution is 2.28. The Morgan fingerprint density at radius 2 is 2.00 bits per heavy atom. The van der Waals surface area contributed by atoms with Gasteiger partial charge in [0.25, 0.3) is 0 Å². The van der Waals surface area contributed by atoms with Crippen LogP contribution in [0.25, 0.3) is 10.9 Å². The molecule has 2 aromatic rings. The number of hydrogen-bond donors (Lipinski definition) is 1. The summed E-state index contributed by atoms with van der Waals surface area (Å²) < 4.78 is 0. The van der Waals surface area contributed by atoms with Gasteiger partial charge in [-0.2, -0.15) is 0 Å². The van der Waals surface area contributed by atoms with Crippen molar-refractivity contribution >= 4 is 16.6 Å². The third-order valence-corrected chi connectivity index (χ3v) is 3.93. The second-order valence-electron chi connectivity index (χ2n) is 5.13. The van der Waals surface area contributed by atoms with Crippen molar-refractivity contribution < 1.29 is 0 Å². The van der Waals surface area contributed by atoms with E-state index < -0.39 is 0 Å². The average molecular weight is 271 g/mol. The van der Waals surface area contributed by atoms with Gasteiger partial charge in [-0.25, -0.2) is 0 Å². The van der Waals surface area contributed by atoms with Gasteiger partial charge in [-0.3, -0.25) is 4.98 Å². The van der Waals surface area contributed by atoms with E-state index in [1.54, 1.807) is 0 Å². The number of nitrogens with zero attached hydrogens (tertiary/aromatic N) is 2. The van der Waals surface area contributed by atoms with Crippen molar-refractivity contribution in [1.29, 1.82) is 0 Å². The summed E-state index contributed by atoms with van der Waals surface area (Å²) in [7, 11) is 0. The highest BCUT2D eigenvalue weighted by Gasteiger charge is 2.17. The van der Waals surface area contributed by atoms with Crippen LogP contribution in [-0.2, 0) is 0 Å². The van der Waals surface area contributed by atoms with Gasteiger partial charge in [0, 0.05) is 29.9 Å². The minimum absolute atomic E-state index is 0.550. The Kier molecular flexibility index (Phi) is 5.36. The Bertz CT molecular complexity index is 533. The number of benzene rings is 1. The molecule has 1 unspecified atom stereocenters. The van der Waals surface area contributed by atoms with Gasteiger partial charge in [-0.05, 0) is 44.9 Å². The van der Waals surface area contributed by atoms with Crippen LogP contribution in [0.15, 0.2) is 36.5 Å². The van der Waals surface area contributed by atoms with Gasteiger partial charge in [0.15, 0.2) is 0 Å². The van der Waals surface area contributed by atoms with Gasteiger partial charge in [0.05, 0.1) is 5.52 Å². The molecule has 0 bridgehead atoms. The van der Waals surface area contributed by atoms with E-state index >= 15 is 0 Å². The summed E-state index contributed by atoms with van der Waals surface area (Å²) in [6, 6.07) is 11.1. The fourth-order valence-electron chi connectivity index (χ4n) is 2.89. The predicted molar refractivity (Wildman–Crippen MR) is 87.1 cm³/mol. The van der Waals surface area contributed by atoms with Crippen LogP contribution in [0.1, 0.15) is 33.1 Å². The van der Waals surface area contributed by atoms with Gasteiger partial charge in [-0.15, -0.1) is 0 Å².